The number of benzene rings is 1. The van der Waals surface area contributed by atoms with Crippen LogP contribution in [-0.4, -0.2) is 36.6 Å². The summed E-state index contributed by atoms with van der Waals surface area (Å²) in [5.74, 6) is 0. The molecule has 0 radical (unpaired) electrons. The second-order valence-electron chi connectivity index (χ2n) is 5.57. The topological polar surface area (TPSA) is 15.3 Å². The first-order valence-electron chi connectivity index (χ1n) is 6.68. The average Bonchev–Trinajstić information content (AvgIpc) is 2.32. The van der Waals surface area contributed by atoms with Crippen molar-refractivity contribution < 1.29 is 0 Å². The van der Waals surface area contributed by atoms with Crippen LogP contribution in [-0.2, 0) is 6.42 Å². The molecule has 0 aromatic heterocycles. The van der Waals surface area contributed by atoms with Crippen molar-refractivity contribution in [1.29, 1.82) is 0 Å². The summed E-state index contributed by atoms with van der Waals surface area (Å²) in [5.41, 5.74) is 1.77. The summed E-state index contributed by atoms with van der Waals surface area (Å²) >= 11 is 0. The predicted octanol–water partition coefficient (Wildman–Crippen LogP) is 2.30. The fourth-order valence-corrected chi connectivity index (χ4v) is 2.56. The Balaban J connectivity index is 1.78. The van der Waals surface area contributed by atoms with Gasteiger partial charge in [-0.2, -0.15) is 0 Å². The number of hydrogen-bond donors (Lipinski definition) is 1. The largest absolute Gasteiger partial charge is 0.314 e. The van der Waals surface area contributed by atoms with Crippen LogP contribution in [0.5, 0.6) is 0 Å². The highest BCUT2D eigenvalue weighted by Crippen LogP contribution is 2.16. The van der Waals surface area contributed by atoms with Gasteiger partial charge < -0.3 is 5.32 Å². The number of hydrogen-bond acceptors (Lipinski definition) is 2. The van der Waals surface area contributed by atoms with Gasteiger partial charge in [0.25, 0.3) is 0 Å². The van der Waals surface area contributed by atoms with Crippen molar-refractivity contribution in [3.8, 4) is 0 Å². The molecule has 0 saturated carbocycles. The number of aryl methyl sites for hydroxylation is 1. The van der Waals surface area contributed by atoms with Gasteiger partial charge in [0, 0.05) is 25.2 Å². The first-order valence-corrected chi connectivity index (χ1v) is 6.68. The number of piperazine rings is 1. The summed E-state index contributed by atoms with van der Waals surface area (Å²) in [6.45, 7) is 9.31. The average molecular weight is 232 g/mol. The number of nitrogens with zero attached hydrogens (tertiary/aromatic N) is 1. The van der Waals surface area contributed by atoms with Crippen LogP contribution in [0.15, 0.2) is 30.3 Å². The maximum Gasteiger partial charge on any atom is 0.0278 e. The van der Waals surface area contributed by atoms with E-state index in [0.717, 1.165) is 13.1 Å². The SMILES string of the molecule is CC1(C)CNCCN1CCCc1ccccc1. The molecule has 0 atom stereocenters. The van der Waals surface area contributed by atoms with Crippen molar-refractivity contribution in [2.75, 3.05) is 26.2 Å². The molecule has 1 aromatic carbocycles. The molecular formula is C15H24N2. The van der Waals surface area contributed by atoms with Crippen molar-refractivity contribution in [1.82, 2.24) is 10.2 Å². The lowest BCUT2D eigenvalue weighted by molar-refractivity contribution is 0.0895. The zero-order chi connectivity index (χ0) is 12.1. The Hall–Kier alpha value is -0.860. The molecule has 1 heterocycles. The third-order valence-corrected chi connectivity index (χ3v) is 3.71. The van der Waals surface area contributed by atoms with Crippen LogP contribution in [0.2, 0.25) is 0 Å². The van der Waals surface area contributed by atoms with E-state index in [2.05, 4.69) is 54.4 Å². The van der Waals surface area contributed by atoms with E-state index in [0.29, 0.717) is 5.54 Å². The molecule has 1 aliphatic rings. The van der Waals surface area contributed by atoms with Gasteiger partial charge in [-0.05, 0) is 38.8 Å². The van der Waals surface area contributed by atoms with Crippen LogP contribution in [0.4, 0.5) is 0 Å². The molecule has 0 aliphatic carbocycles. The van der Waals surface area contributed by atoms with Crippen LogP contribution in [0.25, 0.3) is 0 Å². The predicted molar refractivity (Wildman–Crippen MR) is 73.3 cm³/mol. The highest BCUT2D eigenvalue weighted by atomic mass is 15.2. The van der Waals surface area contributed by atoms with Gasteiger partial charge >= 0.3 is 0 Å². The van der Waals surface area contributed by atoms with E-state index < -0.39 is 0 Å². The Kier molecular flexibility index (Phi) is 4.19. The van der Waals surface area contributed by atoms with Gasteiger partial charge in [0.05, 0.1) is 0 Å². The molecule has 0 spiro atoms. The highest BCUT2D eigenvalue weighted by molar-refractivity contribution is 5.14. The van der Waals surface area contributed by atoms with Crippen LogP contribution < -0.4 is 5.32 Å². The lowest BCUT2D eigenvalue weighted by atomic mass is 9.99. The number of nitrogens with one attached hydrogen (secondary N) is 1. The van der Waals surface area contributed by atoms with Crippen LogP contribution in [0, 0.1) is 0 Å². The van der Waals surface area contributed by atoms with E-state index in [1.165, 1.54) is 31.5 Å². The monoisotopic (exact) mass is 232 g/mol. The maximum atomic E-state index is 3.47. The first kappa shape index (κ1) is 12.6. The Morgan fingerprint density at radius 2 is 2.00 bits per heavy atom. The molecule has 94 valence electrons. The Morgan fingerprint density at radius 3 is 2.71 bits per heavy atom. The van der Waals surface area contributed by atoms with Crippen molar-refractivity contribution in [3.63, 3.8) is 0 Å². The van der Waals surface area contributed by atoms with Gasteiger partial charge in [-0.25, -0.2) is 0 Å². The van der Waals surface area contributed by atoms with Crippen molar-refractivity contribution >= 4 is 0 Å². The molecule has 2 rings (SSSR count). The molecule has 1 N–H and O–H groups in total. The normalized spacial score (nSPS) is 20.4. The van der Waals surface area contributed by atoms with E-state index in [9.17, 15) is 0 Å². The highest BCUT2D eigenvalue weighted by Gasteiger charge is 2.28. The minimum Gasteiger partial charge on any atom is -0.314 e. The van der Waals surface area contributed by atoms with Crippen molar-refractivity contribution in [3.05, 3.63) is 35.9 Å². The fourth-order valence-electron chi connectivity index (χ4n) is 2.56. The van der Waals surface area contributed by atoms with Crippen molar-refractivity contribution in [2.45, 2.75) is 32.2 Å². The van der Waals surface area contributed by atoms with Gasteiger partial charge in [-0.1, -0.05) is 30.3 Å². The van der Waals surface area contributed by atoms with Crippen molar-refractivity contribution in [2.24, 2.45) is 0 Å². The Morgan fingerprint density at radius 1 is 1.24 bits per heavy atom. The molecule has 0 bridgehead atoms. The molecule has 1 fully saturated rings. The zero-order valence-corrected chi connectivity index (χ0v) is 11.1. The van der Waals surface area contributed by atoms with Gasteiger partial charge in [-0.3, -0.25) is 4.90 Å². The van der Waals surface area contributed by atoms with Crippen LogP contribution in [0.1, 0.15) is 25.8 Å². The molecule has 1 aromatic rings. The molecule has 17 heavy (non-hydrogen) atoms. The third kappa shape index (κ3) is 3.55. The number of rotatable bonds is 4. The second kappa shape index (κ2) is 5.65. The van der Waals surface area contributed by atoms with Gasteiger partial charge in [0.1, 0.15) is 0 Å². The summed E-state index contributed by atoms with van der Waals surface area (Å²) in [5, 5.41) is 3.47. The second-order valence-corrected chi connectivity index (χ2v) is 5.57. The summed E-state index contributed by atoms with van der Waals surface area (Å²) in [6.07, 6.45) is 2.45. The molecule has 1 saturated heterocycles. The quantitative estimate of drug-likeness (QED) is 0.857. The van der Waals surface area contributed by atoms with Gasteiger partial charge in [0.2, 0.25) is 0 Å². The standard InChI is InChI=1S/C15H24N2/c1-15(2)13-16-10-12-17(15)11-6-9-14-7-4-3-5-8-14/h3-5,7-8,16H,6,9-13H2,1-2H3. The molecule has 0 amide bonds. The summed E-state index contributed by atoms with van der Waals surface area (Å²) in [7, 11) is 0. The molecule has 2 heteroatoms. The minimum absolute atomic E-state index is 0.314. The maximum absolute atomic E-state index is 3.47. The lowest BCUT2D eigenvalue weighted by Gasteiger charge is -2.43. The summed E-state index contributed by atoms with van der Waals surface area (Å²) < 4.78 is 0. The van der Waals surface area contributed by atoms with Gasteiger partial charge in [0.15, 0.2) is 0 Å². The van der Waals surface area contributed by atoms with Crippen LogP contribution in [0.3, 0.4) is 0 Å². The van der Waals surface area contributed by atoms with E-state index in [1.54, 1.807) is 0 Å². The minimum atomic E-state index is 0.314. The zero-order valence-electron chi connectivity index (χ0n) is 11.1. The summed E-state index contributed by atoms with van der Waals surface area (Å²) in [6, 6.07) is 10.8. The third-order valence-electron chi connectivity index (χ3n) is 3.71. The molecule has 0 unspecified atom stereocenters. The van der Waals surface area contributed by atoms with Crippen LogP contribution >= 0.6 is 0 Å². The van der Waals surface area contributed by atoms with E-state index in [1.807, 2.05) is 0 Å². The lowest BCUT2D eigenvalue weighted by Crippen LogP contribution is -2.58. The smallest absolute Gasteiger partial charge is 0.0278 e. The summed E-state index contributed by atoms with van der Waals surface area (Å²) in [4.78, 5) is 2.62. The fraction of sp³-hybridized carbons (Fsp3) is 0.600. The Labute approximate surface area is 105 Å². The first-order chi connectivity index (χ1) is 8.18. The van der Waals surface area contributed by atoms with E-state index >= 15 is 0 Å². The van der Waals surface area contributed by atoms with E-state index in [4.69, 9.17) is 0 Å². The molecule has 2 nitrogen and oxygen atoms in total. The van der Waals surface area contributed by atoms with Gasteiger partial charge in [-0.15, -0.1) is 0 Å². The Bertz CT molecular complexity index is 332. The van der Waals surface area contributed by atoms with E-state index in [-0.39, 0.29) is 0 Å². The molecule has 1 aliphatic heterocycles. The molecular weight excluding hydrogens is 208 g/mol.